The zero-order valence-electron chi connectivity index (χ0n) is 13.3. The van der Waals surface area contributed by atoms with Gasteiger partial charge in [-0.2, -0.15) is 0 Å². The monoisotopic (exact) mass is 323 g/mol. The smallest absolute Gasteiger partial charge is 0.223 e. The van der Waals surface area contributed by atoms with E-state index in [4.69, 9.17) is 0 Å². The molecule has 0 radical (unpaired) electrons. The number of carbonyl (C=O) groups is 1. The Morgan fingerprint density at radius 2 is 2.05 bits per heavy atom. The number of aliphatic imine (C=N–C) groups is 1. The maximum atomic E-state index is 11.5. The highest BCUT2D eigenvalue weighted by molar-refractivity contribution is 7.11. The highest BCUT2D eigenvalue weighted by atomic mass is 32.1. The van der Waals surface area contributed by atoms with E-state index in [0.29, 0.717) is 13.1 Å². The lowest BCUT2D eigenvalue weighted by Gasteiger charge is -2.11. The van der Waals surface area contributed by atoms with Crippen LogP contribution in [-0.4, -0.2) is 43.5 Å². The molecule has 1 aromatic rings. The second-order valence-electron chi connectivity index (χ2n) is 5.31. The van der Waals surface area contributed by atoms with E-state index < -0.39 is 0 Å². The van der Waals surface area contributed by atoms with Crippen molar-refractivity contribution in [1.29, 1.82) is 0 Å². The summed E-state index contributed by atoms with van der Waals surface area (Å²) in [5, 5.41) is 10.5. The molecular formula is C15H25N5OS. The van der Waals surface area contributed by atoms with Crippen molar-refractivity contribution in [2.24, 2.45) is 10.9 Å². The van der Waals surface area contributed by atoms with E-state index in [1.807, 2.05) is 6.20 Å². The fourth-order valence-electron chi connectivity index (χ4n) is 1.99. The maximum absolute atomic E-state index is 11.5. The van der Waals surface area contributed by atoms with Gasteiger partial charge in [-0.15, -0.1) is 11.3 Å². The number of aryl methyl sites for hydroxylation is 1. The molecule has 1 fully saturated rings. The summed E-state index contributed by atoms with van der Waals surface area (Å²) in [5.41, 5.74) is 0. The molecule has 7 heteroatoms. The minimum atomic E-state index is 0.181. The van der Waals surface area contributed by atoms with Gasteiger partial charge in [-0.1, -0.05) is 6.92 Å². The first kappa shape index (κ1) is 16.7. The van der Waals surface area contributed by atoms with Gasteiger partial charge in [0.15, 0.2) is 5.96 Å². The molecule has 1 amide bonds. The van der Waals surface area contributed by atoms with Crippen LogP contribution in [0.2, 0.25) is 0 Å². The van der Waals surface area contributed by atoms with Crippen molar-refractivity contribution in [3.8, 4) is 0 Å². The SMILES string of the molecule is CCc1cnc(CCNC(=NC)NCCNC(=O)C2CC2)s1. The van der Waals surface area contributed by atoms with Crippen molar-refractivity contribution in [1.82, 2.24) is 20.9 Å². The molecule has 122 valence electrons. The van der Waals surface area contributed by atoms with Crippen molar-refractivity contribution in [2.45, 2.75) is 32.6 Å². The summed E-state index contributed by atoms with van der Waals surface area (Å²) < 4.78 is 0. The molecule has 1 saturated carbocycles. The summed E-state index contributed by atoms with van der Waals surface area (Å²) in [4.78, 5) is 21.4. The number of nitrogens with one attached hydrogen (secondary N) is 3. The van der Waals surface area contributed by atoms with E-state index in [1.54, 1.807) is 18.4 Å². The van der Waals surface area contributed by atoms with Crippen LogP contribution in [0.15, 0.2) is 11.2 Å². The molecule has 3 N–H and O–H groups in total. The summed E-state index contributed by atoms with van der Waals surface area (Å²) >= 11 is 1.77. The molecule has 2 rings (SSSR count). The quantitative estimate of drug-likeness (QED) is 0.378. The van der Waals surface area contributed by atoms with Crippen molar-refractivity contribution < 1.29 is 4.79 Å². The topological polar surface area (TPSA) is 78.4 Å². The predicted octanol–water partition coefficient (Wildman–Crippen LogP) is 0.939. The number of amides is 1. The summed E-state index contributed by atoms with van der Waals surface area (Å²) in [6.45, 7) is 4.24. The Balaban J connectivity index is 1.57. The first-order valence-corrected chi connectivity index (χ1v) is 8.70. The van der Waals surface area contributed by atoms with E-state index in [1.165, 1.54) is 4.88 Å². The molecule has 0 atom stereocenters. The Labute approximate surface area is 135 Å². The third-order valence-electron chi connectivity index (χ3n) is 3.47. The van der Waals surface area contributed by atoms with Gasteiger partial charge in [0.05, 0.1) is 5.01 Å². The first-order valence-electron chi connectivity index (χ1n) is 7.88. The number of guanidine groups is 1. The number of rotatable bonds is 8. The molecular weight excluding hydrogens is 298 g/mol. The minimum Gasteiger partial charge on any atom is -0.356 e. The van der Waals surface area contributed by atoms with Gasteiger partial charge < -0.3 is 16.0 Å². The minimum absolute atomic E-state index is 0.181. The molecule has 0 unspecified atom stereocenters. The standard InChI is InChI=1S/C15H25N5OS/c1-3-12-10-20-13(22-12)6-7-18-15(16-2)19-9-8-17-14(21)11-4-5-11/h10-11H,3-9H2,1-2H3,(H,17,21)(H2,16,18,19). The summed E-state index contributed by atoms with van der Waals surface area (Å²) in [6.07, 6.45) is 5.97. The predicted molar refractivity (Wildman–Crippen MR) is 90.3 cm³/mol. The van der Waals surface area contributed by atoms with E-state index in [0.717, 1.165) is 43.2 Å². The van der Waals surface area contributed by atoms with Gasteiger partial charge in [-0.05, 0) is 19.3 Å². The summed E-state index contributed by atoms with van der Waals surface area (Å²) in [6, 6.07) is 0. The third-order valence-corrected chi connectivity index (χ3v) is 4.67. The van der Waals surface area contributed by atoms with Crippen LogP contribution in [0.3, 0.4) is 0 Å². The van der Waals surface area contributed by atoms with E-state index >= 15 is 0 Å². The van der Waals surface area contributed by atoms with Gasteiger partial charge in [0, 0.05) is 50.1 Å². The van der Waals surface area contributed by atoms with Gasteiger partial charge in [-0.3, -0.25) is 9.79 Å². The fourth-order valence-corrected chi connectivity index (χ4v) is 2.85. The summed E-state index contributed by atoms with van der Waals surface area (Å²) in [7, 11) is 1.75. The molecule has 1 aromatic heterocycles. The average Bonchev–Trinajstić information content (AvgIpc) is 3.29. The Morgan fingerprint density at radius 3 is 2.68 bits per heavy atom. The van der Waals surface area contributed by atoms with Crippen molar-refractivity contribution in [2.75, 3.05) is 26.7 Å². The lowest BCUT2D eigenvalue weighted by Crippen LogP contribution is -2.42. The Kier molecular flexibility index (Phi) is 6.64. The van der Waals surface area contributed by atoms with E-state index in [2.05, 4.69) is 32.9 Å². The largest absolute Gasteiger partial charge is 0.356 e. The van der Waals surface area contributed by atoms with Gasteiger partial charge in [0.1, 0.15) is 0 Å². The normalized spacial score (nSPS) is 14.7. The van der Waals surface area contributed by atoms with Crippen LogP contribution in [0, 0.1) is 5.92 Å². The molecule has 0 saturated heterocycles. The highest BCUT2D eigenvalue weighted by Crippen LogP contribution is 2.28. The Hall–Kier alpha value is -1.63. The molecule has 22 heavy (non-hydrogen) atoms. The third kappa shape index (κ3) is 5.63. The van der Waals surface area contributed by atoms with Crippen molar-refractivity contribution >= 4 is 23.2 Å². The maximum Gasteiger partial charge on any atom is 0.223 e. The van der Waals surface area contributed by atoms with E-state index in [-0.39, 0.29) is 11.8 Å². The molecule has 0 aromatic carbocycles. The molecule has 6 nitrogen and oxygen atoms in total. The first-order chi connectivity index (χ1) is 10.7. The second kappa shape index (κ2) is 8.73. The molecule has 0 bridgehead atoms. The van der Waals surface area contributed by atoms with E-state index in [9.17, 15) is 4.79 Å². The molecule has 1 aliphatic rings. The zero-order valence-corrected chi connectivity index (χ0v) is 14.1. The van der Waals surface area contributed by atoms with Crippen molar-refractivity contribution in [3.63, 3.8) is 0 Å². The number of hydrogen-bond acceptors (Lipinski definition) is 4. The molecule has 0 spiro atoms. The van der Waals surface area contributed by atoms with Gasteiger partial charge in [-0.25, -0.2) is 4.98 Å². The number of carbonyl (C=O) groups excluding carboxylic acids is 1. The highest BCUT2D eigenvalue weighted by Gasteiger charge is 2.28. The van der Waals surface area contributed by atoms with Crippen LogP contribution in [0.1, 0.15) is 29.7 Å². The number of nitrogens with zero attached hydrogens (tertiary/aromatic N) is 2. The Bertz CT molecular complexity index is 510. The number of aromatic nitrogens is 1. The van der Waals surface area contributed by atoms with Crippen LogP contribution < -0.4 is 16.0 Å². The molecule has 0 aliphatic heterocycles. The van der Waals surface area contributed by atoms with Crippen LogP contribution in [-0.2, 0) is 17.6 Å². The fraction of sp³-hybridized carbons (Fsp3) is 0.667. The Morgan fingerprint density at radius 1 is 1.32 bits per heavy atom. The van der Waals surface area contributed by atoms with Crippen LogP contribution in [0.5, 0.6) is 0 Å². The lowest BCUT2D eigenvalue weighted by atomic mass is 10.4. The van der Waals surface area contributed by atoms with Crippen LogP contribution in [0.4, 0.5) is 0 Å². The molecule has 1 heterocycles. The van der Waals surface area contributed by atoms with Gasteiger partial charge in [0.25, 0.3) is 0 Å². The molecule has 1 aliphatic carbocycles. The van der Waals surface area contributed by atoms with Crippen LogP contribution in [0.25, 0.3) is 0 Å². The number of thiazole rings is 1. The van der Waals surface area contributed by atoms with Gasteiger partial charge >= 0.3 is 0 Å². The second-order valence-corrected chi connectivity index (χ2v) is 6.51. The summed E-state index contributed by atoms with van der Waals surface area (Å²) in [5.74, 6) is 1.21. The van der Waals surface area contributed by atoms with Crippen molar-refractivity contribution in [3.05, 3.63) is 16.1 Å². The zero-order chi connectivity index (χ0) is 15.8. The lowest BCUT2D eigenvalue weighted by molar-refractivity contribution is -0.122. The average molecular weight is 323 g/mol. The number of hydrogen-bond donors (Lipinski definition) is 3. The van der Waals surface area contributed by atoms with Gasteiger partial charge in [0.2, 0.25) is 5.91 Å². The van der Waals surface area contributed by atoms with Crippen LogP contribution >= 0.6 is 11.3 Å².